The highest BCUT2D eigenvalue weighted by Gasteiger charge is 2.19. The summed E-state index contributed by atoms with van der Waals surface area (Å²) < 4.78 is 49.9. The highest BCUT2D eigenvalue weighted by molar-refractivity contribution is 7.99. The van der Waals surface area contributed by atoms with E-state index in [9.17, 15) is 12.8 Å². The summed E-state index contributed by atoms with van der Waals surface area (Å²) in [7, 11) is -2.47. The van der Waals surface area contributed by atoms with Crippen LogP contribution in [-0.2, 0) is 10.0 Å². The van der Waals surface area contributed by atoms with E-state index in [4.69, 9.17) is 14.3 Å². The number of benzene rings is 2. The van der Waals surface area contributed by atoms with E-state index >= 15 is 0 Å². The zero-order chi connectivity index (χ0) is 23.8. The summed E-state index contributed by atoms with van der Waals surface area (Å²) in [6, 6.07) is 12.0. The molecule has 2 aromatic heterocycles. The predicted molar refractivity (Wildman–Crippen MR) is 121 cm³/mol. The molecule has 2 heterocycles. The topological polar surface area (TPSA) is 126 Å². The van der Waals surface area contributed by atoms with Crippen molar-refractivity contribution in [2.75, 3.05) is 7.11 Å². The molecular weight excluding hydrogens is 469 g/mol. The molecule has 0 aliphatic heterocycles. The molecule has 172 valence electrons. The number of sulfonamides is 1. The Bertz CT molecular complexity index is 1400. The average Bonchev–Trinajstić information content (AvgIpc) is 3.40. The highest BCUT2D eigenvalue weighted by atomic mass is 32.2. The molecule has 0 saturated carbocycles. The maximum absolute atomic E-state index is 14.4. The molecule has 4 aromatic rings. The van der Waals surface area contributed by atoms with Crippen LogP contribution >= 0.6 is 11.8 Å². The Morgan fingerprint density at radius 1 is 1.12 bits per heavy atom. The van der Waals surface area contributed by atoms with Gasteiger partial charge in [0.2, 0.25) is 10.0 Å². The minimum absolute atomic E-state index is 0.0390. The van der Waals surface area contributed by atoms with Gasteiger partial charge in [-0.15, -0.1) is 10.2 Å². The maximum atomic E-state index is 14.4. The predicted octanol–water partition coefficient (Wildman–Crippen LogP) is 3.88. The second-order valence-corrected chi connectivity index (χ2v) is 10.3. The van der Waals surface area contributed by atoms with Gasteiger partial charge in [0.1, 0.15) is 0 Å². The largest absolute Gasteiger partial charge is 0.494 e. The third kappa shape index (κ3) is 4.92. The lowest BCUT2D eigenvalue weighted by molar-refractivity contribution is 0.386. The Labute approximate surface area is 193 Å². The second kappa shape index (κ2) is 8.96. The molecule has 33 heavy (non-hydrogen) atoms. The van der Waals surface area contributed by atoms with Crippen LogP contribution in [0, 0.1) is 5.82 Å². The summed E-state index contributed by atoms with van der Waals surface area (Å²) in [6.45, 7) is 4.01. The van der Waals surface area contributed by atoms with Crippen LogP contribution in [0.3, 0.4) is 0 Å². The van der Waals surface area contributed by atoms with Crippen LogP contribution in [-0.4, -0.2) is 40.8 Å². The molecular formula is C21H20FN5O4S2. The van der Waals surface area contributed by atoms with Crippen molar-refractivity contribution >= 4 is 21.8 Å². The van der Waals surface area contributed by atoms with Crippen molar-refractivity contribution in [3.05, 3.63) is 54.3 Å². The van der Waals surface area contributed by atoms with Gasteiger partial charge in [-0.05, 0) is 48.5 Å². The summed E-state index contributed by atoms with van der Waals surface area (Å²) >= 11 is 1.42. The first-order valence-electron chi connectivity index (χ1n) is 9.73. The third-order valence-corrected chi connectivity index (χ3v) is 6.30. The van der Waals surface area contributed by atoms with Crippen LogP contribution in [0.15, 0.2) is 63.1 Å². The first kappa shape index (κ1) is 23.0. The number of hydrogen-bond acceptors (Lipinski definition) is 8. The normalized spacial score (nSPS) is 11.8. The van der Waals surface area contributed by atoms with E-state index in [0.717, 1.165) is 0 Å². The Morgan fingerprint density at radius 2 is 1.85 bits per heavy atom. The molecule has 2 N–H and O–H groups in total. The maximum Gasteiger partial charge on any atom is 0.277 e. The number of rotatable bonds is 7. The van der Waals surface area contributed by atoms with Gasteiger partial charge in [-0.2, -0.15) is 5.10 Å². The zero-order valence-electron chi connectivity index (χ0n) is 17.9. The highest BCUT2D eigenvalue weighted by Crippen LogP contribution is 2.32. The van der Waals surface area contributed by atoms with Crippen molar-refractivity contribution in [1.82, 2.24) is 20.0 Å². The fourth-order valence-electron chi connectivity index (χ4n) is 3.05. The summed E-state index contributed by atoms with van der Waals surface area (Å²) in [5.41, 5.74) is 1.93. The molecule has 0 atom stereocenters. The van der Waals surface area contributed by atoms with Gasteiger partial charge in [-0.1, -0.05) is 25.6 Å². The molecule has 12 heteroatoms. The van der Waals surface area contributed by atoms with Crippen LogP contribution in [0.1, 0.15) is 13.8 Å². The van der Waals surface area contributed by atoms with Crippen molar-refractivity contribution in [1.29, 1.82) is 0 Å². The van der Waals surface area contributed by atoms with Gasteiger partial charge >= 0.3 is 0 Å². The molecule has 0 radical (unpaired) electrons. The number of halogens is 1. The van der Waals surface area contributed by atoms with E-state index in [1.807, 2.05) is 13.8 Å². The van der Waals surface area contributed by atoms with Gasteiger partial charge in [0, 0.05) is 10.8 Å². The van der Waals surface area contributed by atoms with Crippen molar-refractivity contribution in [3.63, 3.8) is 0 Å². The van der Waals surface area contributed by atoms with E-state index in [0.29, 0.717) is 27.9 Å². The van der Waals surface area contributed by atoms with Crippen molar-refractivity contribution in [3.8, 4) is 34.3 Å². The second-order valence-electron chi connectivity index (χ2n) is 7.25. The Balaban J connectivity index is 1.83. The lowest BCUT2D eigenvalue weighted by Gasteiger charge is -2.09. The number of primary sulfonamides is 1. The monoisotopic (exact) mass is 489 g/mol. The smallest absolute Gasteiger partial charge is 0.277 e. The van der Waals surface area contributed by atoms with Crippen LogP contribution in [0.5, 0.6) is 5.75 Å². The molecule has 0 unspecified atom stereocenters. The molecule has 0 spiro atoms. The molecule has 0 bridgehead atoms. The SMILES string of the molecule is COc1ccc(-c2cc(-c3nnc(SC(C)C)o3)nn2-c2ccc(S(N)(=O)=O)cc2)cc1F. The molecule has 2 aromatic carbocycles. The summed E-state index contributed by atoms with van der Waals surface area (Å²) in [5.74, 6) is -0.231. The molecule has 0 aliphatic rings. The fraction of sp³-hybridized carbons (Fsp3) is 0.190. The molecule has 0 amide bonds. The molecule has 4 rings (SSSR count). The van der Waals surface area contributed by atoms with Crippen molar-refractivity contribution < 1.29 is 22.0 Å². The van der Waals surface area contributed by atoms with Gasteiger partial charge in [-0.3, -0.25) is 0 Å². The van der Waals surface area contributed by atoms with Crippen molar-refractivity contribution in [2.24, 2.45) is 5.14 Å². The van der Waals surface area contributed by atoms with Gasteiger partial charge in [-0.25, -0.2) is 22.6 Å². The number of ether oxygens (including phenoxy) is 1. The van der Waals surface area contributed by atoms with Gasteiger partial charge in [0.05, 0.1) is 23.4 Å². The van der Waals surface area contributed by atoms with Crippen molar-refractivity contribution in [2.45, 2.75) is 29.2 Å². The lowest BCUT2D eigenvalue weighted by Crippen LogP contribution is -2.12. The fourth-order valence-corrected chi connectivity index (χ4v) is 4.19. The number of nitrogens with zero attached hydrogens (tertiary/aromatic N) is 4. The molecule has 0 fully saturated rings. The summed E-state index contributed by atoms with van der Waals surface area (Å²) in [5, 5.41) is 18.5. The van der Waals surface area contributed by atoms with Gasteiger partial charge in [0.15, 0.2) is 17.3 Å². The number of thioether (sulfide) groups is 1. The van der Waals surface area contributed by atoms with Gasteiger partial charge in [0.25, 0.3) is 11.1 Å². The van der Waals surface area contributed by atoms with Crippen LogP contribution < -0.4 is 9.88 Å². The number of aromatic nitrogens is 4. The molecule has 0 aliphatic carbocycles. The summed E-state index contributed by atoms with van der Waals surface area (Å²) in [4.78, 5) is -0.0390. The minimum atomic E-state index is -3.85. The first-order valence-corrected chi connectivity index (χ1v) is 12.2. The van der Waals surface area contributed by atoms with E-state index in [1.54, 1.807) is 24.3 Å². The van der Waals surface area contributed by atoms with E-state index in [1.165, 1.54) is 47.8 Å². The van der Waals surface area contributed by atoms with Crippen LogP contribution in [0.25, 0.3) is 28.5 Å². The minimum Gasteiger partial charge on any atom is -0.494 e. The number of hydrogen-bond donors (Lipinski definition) is 1. The lowest BCUT2D eigenvalue weighted by atomic mass is 10.1. The Kier molecular flexibility index (Phi) is 6.23. The first-order chi connectivity index (χ1) is 15.7. The Morgan fingerprint density at radius 3 is 2.45 bits per heavy atom. The standard InChI is InChI=1S/C21H20FN5O4S2/c1-12(2)32-21-25-24-20(31-21)17-11-18(13-4-9-19(30-3)16(22)10-13)27(26-17)14-5-7-15(8-6-14)33(23,28)29/h4-12H,1-3H3,(H2,23,28,29). The quantitative estimate of drug-likeness (QED) is 0.388. The number of methoxy groups -OCH3 is 1. The average molecular weight is 490 g/mol. The van der Waals surface area contributed by atoms with Crippen LogP contribution in [0.4, 0.5) is 4.39 Å². The zero-order valence-corrected chi connectivity index (χ0v) is 19.5. The third-order valence-electron chi connectivity index (χ3n) is 4.53. The van der Waals surface area contributed by atoms with Crippen LogP contribution in [0.2, 0.25) is 0 Å². The molecule has 0 saturated heterocycles. The van der Waals surface area contributed by atoms with E-state index < -0.39 is 15.8 Å². The van der Waals surface area contributed by atoms with E-state index in [-0.39, 0.29) is 21.8 Å². The molecule has 9 nitrogen and oxygen atoms in total. The Hall–Kier alpha value is -3.22. The van der Waals surface area contributed by atoms with E-state index in [2.05, 4.69) is 15.3 Å². The number of nitrogens with two attached hydrogens (primary N) is 1. The summed E-state index contributed by atoms with van der Waals surface area (Å²) in [6.07, 6.45) is 0. The van der Waals surface area contributed by atoms with Gasteiger partial charge < -0.3 is 9.15 Å².